The van der Waals surface area contributed by atoms with Crippen LogP contribution in [0, 0.1) is 6.92 Å². The highest BCUT2D eigenvalue weighted by molar-refractivity contribution is 6.35. The lowest BCUT2D eigenvalue weighted by Crippen LogP contribution is -2.31. The molecule has 0 N–H and O–H groups in total. The van der Waals surface area contributed by atoms with Gasteiger partial charge in [-0.05, 0) is 56.9 Å². The molecule has 0 radical (unpaired) electrons. The number of anilines is 1. The number of hydrogen-bond acceptors (Lipinski definition) is 2. The molecule has 2 aromatic carbocycles. The molecule has 24 heavy (non-hydrogen) atoms. The van der Waals surface area contributed by atoms with Gasteiger partial charge in [0.05, 0.1) is 11.4 Å². The van der Waals surface area contributed by atoms with Crippen LogP contribution in [0.25, 0.3) is 0 Å². The molecule has 0 unspecified atom stereocenters. The first-order valence-electron chi connectivity index (χ1n) is 8.51. The number of rotatable bonds is 2. The second-order valence-electron chi connectivity index (χ2n) is 6.41. The van der Waals surface area contributed by atoms with Gasteiger partial charge in [-0.15, -0.1) is 0 Å². The van der Waals surface area contributed by atoms with Gasteiger partial charge in [-0.3, -0.25) is 9.69 Å². The summed E-state index contributed by atoms with van der Waals surface area (Å²) in [6.45, 7) is 2.05. The lowest BCUT2D eigenvalue weighted by atomic mass is 9.93. The summed E-state index contributed by atoms with van der Waals surface area (Å²) in [6.07, 6.45) is 4.02. The Bertz CT molecular complexity index is 832. The maximum atomic E-state index is 13.0. The Kier molecular flexibility index (Phi) is 3.77. The molecule has 2 aliphatic rings. The van der Waals surface area contributed by atoms with Gasteiger partial charge in [0.1, 0.15) is 5.84 Å². The van der Waals surface area contributed by atoms with E-state index in [0.717, 1.165) is 54.0 Å². The van der Waals surface area contributed by atoms with Gasteiger partial charge in [0, 0.05) is 11.1 Å². The van der Waals surface area contributed by atoms with Crippen LogP contribution in [0.5, 0.6) is 0 Å². The third kappa shape index (κ3) is 2.56. The first kappa shape index (κ1) is 14.9. The number of aryl methyl sites for hydroxylation is 1. The Balaban J connectivity index is 1.83. The average Bonchev–Trinajstić information content (AvgIpc) is 2.89. The van der Waals surface area contributed by atoms with Crippen molar-refractivity contribution in [3.8, 4) is 0 Å². The van der Waals surface area contributed by atoms with Gasteiger partial charge >= 0.3 is 0 Å². The molecule has 0 saturated carbocycles. The number of hydrogen-bond donors (Lipinski definition) is 0. The average molecular weight is 316 g/mol. The van der Waals surface area contributed by atoms with E-state index in [2.05, 4.69) is 6.92 Å². The minimum atomic E-state index is 0.100. The number of nitrogens with zero attached hydrogens (tertiary/aromatic N) is 2. The Hall–Kier alpha value is -2.68. The summed E-state index contributed by atoms with van der Waals surface area (Å²) in [4.78, 5) is 19.6. The summed E-state index contributed by atoms with van der Waals surface area (Å²) in [5.74, 6) is 0.910. The second-order valence-corrected chi connectivity index (χ2v) is 6.41. The molecule has 1 amide bonds. The van der Waals surface area contributed by atoms with Gasteiger partial charge in [0.2, 0.25) is 0 Å². The fourth-order valence-corrected chi connectivity index (χ4v) is 3.43. The summed E-state index contributed by atoms with van der Waals surface area (Å²) in [7, 11) is 0. The van der Waals surface area contributed by atoms with E-state index in [1.807, 2.05) is 54.6 Å². The number of amides is 1. The van der Waals surface area contributed by atoms with Crippen molar-refractivity contribution >= 4 is 23.1 Å². The number of amidine groups is 1. The number of benzene rings is 2. The maximum absolute atomic E-state index is 13.0. The van der Waals surface area contributed by atoms with E-state index in [1.165, 1.54) is 5.56 Å². The zero-order valence-electron chi connectivity index (χ0n) is 13.8. The molecule has 0 bridgehead atoms. The summed E-state index contributed by atoms with van der Waals surface area (Å²) in [6, 6.07) is 18.0. The van der Waals surface area contributed by atoms with Crippen LogP contribution >= 0.6 is 0 Å². The Labute approximate surface area is 142 Å². The highest BCUT2D eigenvalue weighted by atomic mass is 16.2. The molecule has 1 aliphatic carbocycles. The monoisotopic (exact) mass is 316 g/mol. The van der Waals surface area contributed by atoms with Crippen LogP contribution in [0.4, 0.5) is 11.4 Å². The van der Waals surface area contributed by atoms with Crippen molar-refractivity contribution in [1.82, 2.24) is 0 Å². The minimum absolute atomic E-state index is 0.100. The van der Waals surface area contributed by atoms with E-state index in [1.54, 1.807) is 4.90 Å². The van der Waals surface area contributed by atoms with E-state index in [0.29, 0.717) is 0 Å². The largest absolute Gasteiger partial charge is 0.269 e. The van der Waals surface area contributed by atoms with Crippen LogP contribution in [0.3, 0.4) is 0 Å². The minimum Gasteiger partial charge on any atom is -0.269 e. The third-order valence-corrected chi connectivity index (χ3v) is 4.69. The maximum Gasteiger partial charge on any atom is 0.260 e. The lowest BCUT2D eigenvalue weighted by molar-refractivity contribution is -0.114. The normalized spacial score (nSPS) is 19.1. The van der Waals surface area contributed by atoms with Crippen LogP contribution in [0.2, 0.25) is 0 Å². The predicted molar refractivity (Wildman–Crippen MR) is 97.7 cm³/mol. The molecule has 4 rings (SSSR count). The molecular formula is C21H20N2O. The molecule has 1 aliphatic heterocycles. The van der Waals surface area contributed by atoms with Gasteiger partial charge in [-0.25, -0.2) is 4.99 Å². The summed E-state index contributed by atoms with van der Waals surface area (Å²) >= 11 is 0. The predicted octanol–water partition coefficient (Wildman–Crippen LogP) is 4.94. The van der Waals surface area contributed by atoms with Crippen molar-refractivity contribution in [1.29, 1.82) is 0 Å². The van der Waals surface area contributed by atoms with Crippen molar-refractivity contribution in [3.05, 3.63) is 71.3 Å². The standard InChI is InChI=1S/C21H20N2O/c1-15-11-13-17(14-12-15)23-20(22-16-7-3-2-4-8-16)18-9-5-6-10-19(18)21(23)24/h2-4,7-8,11-14H,5-6,9-10H2,1H3. The van der Waals surface area contributed by atoms with Crippen LogP contribution < -0.4 is 4.90 Å². The Morgan fingerprint density at radius 1 is 0.875 bits per heavy atom. The zero-order chi connectivity index (χ0) is 16.5. The highest BCUT2D eigenvalue weighted by Gasteiger charge is 2.38. The molecule has 1 heterocycles. The zero-order valence-corrected chi connectivity index (χ0v) is 13.8. The van der Waals surface area contributed by atoms with Crippen LogP contribution in [-0.4, -0.2) is 11.7 Å². The van der Waals surface area contributed by atoms with Gasteiger partial charge in [-0.1, -0.05) is 35.9 Å². The second kappa shape index (κ2) is 6.08. The third-order valence-electron chi connectivity index (χ3n) is 4.69. The molecule has 120 valence electrons. The topological polar surface area (TPSA) is 32.7 Å². The fraction of sp³-hybridized carbons (Fsp3) is 0.238. The molecule has 3 nitrogen and oxygen atoms in total. The molecular weight excluding hydrogens is 296 g/mol. The molecule has 0 fully saturated rings. The Morgan fingerprint density at radius 3 is 2.25 bits per heavy atom. The number of carbonyl (C=O) groups excluding carboxylic acids is 1. The Morgan fingerprint density at radius 2 is 1.54 bits per heavy atom. The van der Waals surface area contributed by atoms with Crippen molar-refractivity contribution in [3.63, 3.8) is 0 Å². The smallest absolute Gasteiger partial charge is 0.260 e. The van der Waals surface area contributed by atoms with Gasteiger partial charge in [0.25, 0.3) is 5.91 Å². The van der Waals surface area contributed by atoms with Crippen molar-refractivity contribution < 1.29 is 4.79 Å². The molecule has 0 atom stereocenters. The molecule has 2 aromatic rings. The van der Waals surface area contributed by atoms with E-state index in [4.69, 9.17) is 4.99 Å². The van der Waals surface area contributed by atoms with Crippen LogP contribution in [-0.2, 0) is 4.79 Å². The quantitative estimate of drug-likeness (QED) is 0.772. The first-order chi connectivity index (χ1) is 11.7. The molecule has 0 saturated heterocycles. The van der Waals surface area contributed by atoms with Gasteiger partial charge in [0.15, 0.2) is 0 Å². The van der Waals surface area contributed by atoms with Crippen molar-refractivity contribution in [2.75, 3.05) is 4.90 Å². The molecule has 3 heteroatoms. The first-order valence-corrected chi connectivity index (χ1v) is 8.51. The summed E-state index contributed by atoms with van der Waals surface area (Å²) in [5.41, 5.74) is 5.06. The summed E-state index contributed by atoms with van der Waals surface area (Å²) in [5, 5.41) is 0. The van der Waals surface area contributed by atoms with Crippen LogP contribution in [0.1, 0.15) is 31.2 Å². The fourth-order valence-electron chi connectivity index (χ4n) is 3.43. The van der Waals surface area contributed by atoms with Gasteiger partial charge in [-0.2, -0.15) is 0 Å². The van der Waals surface area contributed by atoms with Gasteiger partial charge < -0.3 is 0 Å². The molecule has 0 aromatic heterocycles. The van der Waals surface area contributed by atoms with Crippen molar-refractivity contribution in [2.45, 2.75) is 32.6 Å². The number of para-hydroxylation sites is 1. The van der Waals surface area contributed by atoms with Crippen molar-refractivity contribution in [2.24, 2.45) is 4.99 Å². The highest BCUT2D eigenvalue weighted by Crippen LogP contribution is 2.37. The van der Waals surface area contributed by atoms with E-state index < -0.39 is 0 Å². The lowest BCUT2D eigenvalue weighted by Gasteiger charge is -2.19. The SMILES string of the molecule is Cc1ccc(N2C(=O)C3=C(CCCC3)C2=Nc2ccccc2)cc1. The number of aliphatic imine (C=N–C) groups is 1. The van der Waals surface area contributed by atoms with E-state index in [-0.39, 0.29) is 5.91 Å². The van der Waals surface area contributed by atoms with Crippen LogP contribution in [0.15, 0.2) is 70.7 Å². The van der Waals surface area contributed by atoms with E-state index in [9.17, 15) is 4.79 Å². The number of carbonyl (C=O) groups is 1. The van der Waals surface area contributed by atoms with E-state index >= 15 is 0 Å². The molecule has 0 spiro atoms. The summed E-state index contributed by atoms with van der Waals surface area (Å²) < 4.78 is 0.